The lowest BCUT2D eigenvalue weighted by Crippen LogP contribution is -2.37. The Kier molecular flexibility index (Phi) is 6.58. The predicted molar refractivity (Wildman–Crippen MR) is 110 cm³/mol. The van der Waals surface area contributed by atoms with Gasteiger partial charge in [-0.3, -0.25) is 9.59 Å². The zero-order chi connectivity index (χ0) is 20.6. The molecular weight excluding hydrogens is 371 g/mol. The molecule has 3 rings (SSSR count). The Labute approximate surface area is 168 Å². The van der Waals surface area contributed by atoms with Crippen molar-refractivity contribution in [2.75, 3.05) is 25.5 Å². The van der Waals surface area contributed by atoms with Crippen LogP contribution in [0.3, 0.4) is 0 Å². The second-order valence-electron chi connectivity index (χ2n) is 6.46. The fraction of sp³-hybridized carbons (Fsp3) is 0.130. The van der Waals surface area contributed by atoms with Gasteiger partial charge in [0.25, 0.3) is 5.91 Å². The van der Waals surface area contributed by atoms with Crippen LogP contribution in [0.2, 0.25) is 0 Å². The summed E-state index contributed by atoms with van der Waals surface area (Å²) in [6.07, 6.45) is 0. The number of rotatable bonds is 7. The number of nitrogens with zero attached hydrogens (tertiary/aromatic N) is 1. The molecule has 0 radical (unpaired) electrons. The summed E-state index contributed by atoms with van der Waals surface area (Å²) < 4.78 is 18.9. The lowest BCUT2D eigenvalue weighted by atomic mass is 10.1. The number of anilines is 1. The van der Waals surface area contributed by atoms with Gasteiger partial charge in [-0.05, 0) is 29.8 Å². The van der Waals surface area contributed by atoms with Crippen LogP contribution in [0.1, 0.15) is 0 Å². The second kappa shape index (κ2) is 9.50. The largest absolute Gasteiger partial charge is 0.483 e. The van der Waals surface area contributed by atoms with Gasteiger partial charge in [-0.25, -0.2) is 4.39 Å². The average molecular weight is 392 g/mol. The highest BCUT2D eigenvalue weighted by Crippen LogP contribution is 2.29. The molecule has 0 fully saturated rings. The van der Waals surface area contributed by atoms with Gasteiger partial charge in [0.05, 0.1) is 6.54 Å². The molecule has 1 N–H and O–H groups in total. The van der Waals surface area contributed by atoms with Crippen molar-refractivity contribution in [2.45, 2.75) is 0 Å². The molecule has 0 saturated carbocycles. The van der Waals surface area contributed by atoms with Gasteiger partial charge in [-0.15, -0.1) is 0 Å². The van der Waals surface area contributed by atoms with Crippen LogP contribution in [0.25, 0.3) is 11.1 Å². The van der Waals surface area contributed by atoms with Crippen molar-refractivity contribution in [1.82, 2.24) is 4.90 Å². The minimum Gasteiger partial charge on any atom is -0.483 e. The smallest absolute Gasteiger partial charge is 0.260 e. The minimum atomic E-state index is -0.447. The molecule has 0 aliphatic carbocycles. The third-order valence-electron chi connectivity index (χ3n) is 4.24. The quantitative estimate of drug-likeness (QED) is 0.662. The van der Waals surface area contributed by atoms with Crippen molar-refractivity contribution in [3.05, 3.63) is 84.7 Å². The van der Waals surface area contributed by atoms with Gasteiger partial charge in [0.15, 0.2) is 6.61 Å². The molecule has 0 atom stereocenters. The van der Waals surface area contributed by atoms with Crippen molar-refractivity contribution in [3.63, 3.8) is 0 Å². The first-order valence-corrected chi connectivity index (χ1v) is 9.09. The third kappa shape index (κ3) is 5.65. The number of halogens is 1. The third-order valence-corrected chi connectivity index (χ3v) is 4.24. The molecule has 5 nitrogen and oxygen atoms in total. The van der Waals surface area contributed by atoms with Crippen molar-refractivity contribution in [2.24, 2.45) is 0 Å². The van der Waals surface area contributed by atoms with E-state index in [0.717, 1.165) is 11.1 Å². The summed E-state index contributed by atoms with van der Waals surface area (Å²) in [6, 6.07) is 22.8. The Bertz CT molecular complexity index is 992. The number of likely N-dealkylation sites (N-methyl/N-ethyl adjacent to an activating group) is 1. The molecule has 148 valence electrons. The molecular formula is C23H21FN2O3. The first-order chi connectivity index (χ1) is 14.0. The zero-order valence-electron chi connectivity index (χ0n) is 16.0. The van der Waals surface area contributed by atoms with Gasteiger partial charge in [0, 0.05) is 18.3 Å². The molecule has 0 aliphatic heterocycles. The van der Waals surface area contributed by atoms with Crippen LogP contribution < -0.4 is 10.1 Å². The van der Waals surface area contributed by atoms with E-state index in [-0.39, 0.29) is 19.1 Å². The summed E-state index contributed by atoms with van der Waals surface area (Å²) in [5.41, 5.74) is 2.20. The Hall–Kier alpha value is -3.67. The Balaban J connectivity index is 1.56. The maximum atomic E-state index is 13.2. The molecule has 29 heavy (non-hydrogen) atoms. The highest BCUT2D eigenvalue weighted by atomic mass is 19.1. The minimum absolute atomic E-state index is 0.168. The van der Waals surface area contributed by atoms with E-state index in [0.29, 0.717) is 11.4 Å². The SMILES string of the molecule is CN(CC(=O)Nc1cccc(F)c1)C(=O)COc1ccccc1-c1ccccc1. The summed E-state index contributed by atoms with van der Waals surface area (Å²) in [5.74, 6) is -0.624. The van der Waals surface area contributed by atoms with Crippen molar-refractivity contribution >= 4 is 17.5 Å². The number of hydrogen-bond acceptors (Lipinski definition) is 3. The summed E-state index contributed by atoms with van der Waals surface area (Å²) in [5, 5.41) is 2.56. The van der Waals surface area contributed by atoms with Crippen LogP contribution in [0.4, 0.5) is 10.1 Å². The molecule has 3 aromatic carbocycles. The molecule has 3 aromatic rings. The number of carbonyl (C=O) groups is 2. The predicted octanol–water partition coefficient (Wildman–Crippen LogP) is 3.97. The van der Waals surface area contributed by atoms with E-state index >= 15 is 0 Å². The average Bonchev–Trinajstić information content (AvgIpc) is 2.72. The van der Waals surface area contributed by atoms with Gasteiger partial charge in [0.1, 0.15) is 11.6 Å². The molecule has 0 heterocycles. The Morgan fingerprint density at radius 1 is 0.966 bits per heavy atom. The lowest BCUT2D eigenvalue weighted by Gasteiger charge is -2.18. The van der Waals surface area contributed by atoms with Gasteiger partial charge in [-0.2, -0.15) is 0 Å². The number of benzene rings is 3. The summed E-state index contributed by atoms with van der Waals surface area (Å²) in [7, 11) is 1.51. The Morgan fingerprint density at radius 3 is 2.45 bits per heavy atom. The standard InChI is InChI=1S/C23H21FN2O3/c1-26(15-22(27)25-19-11-7-10-18(24)14-19)23(28)16-29-21-13-6-5-12-20(21)17-8-3-2-4-9-17/h2-14H,15-16H2,1H3,(H,25,27). The van der Waals surface area contributed by atoms with Crippen LogP contribution in [-0.2, 0) is 9.59 Å². The number of amides is 2. The molecule has 6 heteroatoms. The topological polar surface area (TPSA) is 58.6 Å². The summed E-state index contributed by atoms with van der Waals surface area (Å²) in [6.45, 7) is -0.368. The van der Waals surface area contributed by atoms with Gasteiger partial charge in [-0.1, -0.05) is 54.6 Å². The van der Waals surface area contributed by atoms with Gasteiger partial charge < -0.3 is 15.0 Å². The van der Waals surface area contributed by atoms with Crippen molar-refractivity contribution in [1.29, 1.82) is 0 Å². The van der Waals surface area contributed by atoms with E-state index in [9.17, 15) is 14.0 Å². The Morgan fingerprint density at radius 2 is 1.69 bits per heavy atom. The molecule has 0 unspecified atom stereocenters. The molecule has 0 spiro atoms. The van der Waals surface area contributed by atoms with Crippen LogP contribution in [-0.4, -0.2) is 36.9 Å². The number of hydrogen-bond donors (Lipinski definition) is 1. The zero-order valence-corrected chi connectivity index (χ0v) is 16.0. The van der Waals surface area contributed by atoms with Crippen LogP contribution in [0, 0.1) is 5.82 Å². The maximum Gasteiger partial charge on any atom is 0.260 e. The van der Waals surface area contributed by atoms with E-state index in [1.54, 1.807) is 12.1 Å². The van der Waals surface area contributed by atoms with Crippen LogP contribution in [0.5, 0.6) is 5.75 Å². The monoisotopic (exact) mass is 392 g/mol. The summed E-state index contributed by atoms with van der Waals surface area (Å²) >= 11 is 0. The first kappa shape index (κ1) is 20.1. The van der Waals surface area contributed by atoms with E-state index < -0.39 is 11.7 Å². The molecule has 0 aromatic heterocycles. The molecule has 0 aliphatic rings. The summed E-state index contributed by atoms with van der Waals surface area (Å²) in [4.78, 5) is 25.7. The second-order valence-corrected chi connectivity index (χ2v) is 6.46. The van der Waals surface area contributed by atoms with Crippen molar-refractivity contribution < 1.29 is 18.7 Å². The normalized spacial score (nSPS) is 10.3. The molecule has 2 amide bonds. The first-order valence-electron chi connectivity index (χ1n) is 9.09. The highest BCUT2D eigenvalue weighted by molar-refractivity contribution is 5.94. The fourth-order valence-electron chi connectivity index (χ4n) is 2.77. The van der Waals surface area contributed by atoms with Crippen LogP contribution in [0.15, 0.2) is 78.9 Å². The number of nitrogens with one attached hydrogen (secondary N) is 1. The number of ether oxygens (including phenoxy) is 1. The number of carbonyl (C=O) groups excluding carboxylic acids is 2. The highest BCUT2D eigenvalue weighted by Gasteiger charge is 2.15. The van der Waals surface area contributed by atoms with Crippen LogP contribution >= 0.6 is 0 Å². The maximum absolute atomic E-state index is 13.2. The van der Waals surface area contributed by atoms with E-state index in [1.165, 1.54) is 30.1 Å². The van der Waals surface area contributed by atoms with E-state index in [4.69, 9.17) is 4.74 Å². The van der Waals surface area contributed by atoms with E-state index in [1.807, 2.05) is 48.5 Å². The van der Waals surface area contributed by atoms with Gasteiger partial charge in [0.2, 0.25) is 5.91 Å². The lowest BCUT2D eigenvalue weighted by molar-refractivity contribution is -0.135. The molecule has 0 saturated heterocycles. The van der Waals surface area contributed by atoms with Gasteiger partial charge >= 0.3 is 0 Å². The molecule has 0 bridgehead atoms. The number of para-hydroxylation sites is 1. The van der Waals surface area contributed by atoms with Crippen molar-refractivity contribution in [3.8, 4) is 16.9 Å². The van der Waals surface area contributed by atoms with E-state index in [2.05, 4.69) is 5.32 Å². The fourth-order valence-corrected chi connectivity index (χ4v) is 2.77.